The molecule has 1 aliphatic heterocycles. The van der Waals surface area contributed by atoms with Crippen LogP contribution in [0.4, 0.5) is 0 Å². The molecule has 1 saturated heterocycles. The maximum Gasteiger partial charge on any atom is 0.306 e. The summed E-state index contributed by atoms with van der Waals surface area (Å²) in [5.41, 5.74) is 0.215. The van der Waals surface area contributed by atoms with E-state index in [4.69, 9.17) is 9.47 Å². The lowest BCUT2D eigenvalue weighted by Gasteiger charge is -2.34. The normalized spacial score (nSPS) is 48.0. The minimum absolute atomic E-state index is 0.0166. The number of cyclic esters (lactones) is 1. The summed E-state index contributed by atoms with van der Waals surface area (Å²) >= 11 is 0. The van der Waals surface area contributed by atoms with Crippen LogP contribution in [0, 0.1) is 17.3 Å². The Bertz CT molecular complexity index is 294. The fraction of sp³-hybridized carbons (Fsp3) is 0.909. The van der Waals surface area contributed by atoms with Crippen LogP contribution >= 0.6 is 0 Å². The Balaban J connectivity index is 1.72. The fourth-order valence-corrected chi connectivity index (χ4v) is 4.34. The van der Waals surface area contributed by atoms with Crippen molar-refractivity contribution in [2.75, 3.05) is 12.8 Å². The van der Waals surface area contributed by atoms with Gasteiger partial charge < -0.3 is 9.47 Å². The van der Waals surface area contributed by atoms with Crippen LogP contribution in [0.2, 0.25) is 0 Å². The van der Waals surface area contributed by atoms with Crippen molar-refractivity contribution in [1.29, 1.82) is 0 Å². The Hall–Kier alpha value is -0.353. The van der Waals surface area contributed by atoms with Gasteiger partial charge in [-0.2, -0.15) is 0 Å². The van der Waals surface area contributed by atoms with E-state index in [0.717, 1.165) is 22.9 Å². The van der Waals surface area contributed by atoms with Gasteiger partial charge in [-0.3, -0.25) is 4.79 Å². The molecular weight excluding hydrogens is 208 g/mol. The molecule has 3 nitrogen and oxygen atoms in total. The number of ether oxygens (including phenoxy) is 2. The molecular formula is C11H18O3Si. The van der Waals surface area contributed by atoms with Crippen LogP contribution in [0.5, 0.6) is 0 Å². The molecule has 4 unspecified atom stereocenters. The van der Waals surface area contributed by atoms with Crippen LogP contribution in [0.1, 0.15) is 25.7 Å². The Morgan fingerprint density at radius 3 is 2.93 bits per heavy atom. The van der Waals surface area contributed by atoms with Crippen molar-refractivity contribution in [3.8, 4) is 0 Å². The molecule has 0 amide bonds. The van der Waals surface area contributed by atoms with Gasteiger partial charge in [0.2, 0.25) is 0 Å². The quantitative estimate of drug-likeness (QED) is 0.493. The smallest absolute Gasteiger partial charge is 0.306 e. The van der Waals surface area contributed by atoms with Gasteiger partial charge in [0.25, 0.3) is 0 Å². The van der Waals surface area contributed by atoms with Crippen molar-refractivity contribution < 1.29 is 14.3 Å². The summed E-state index contributed by atoms with van der Waals surface area (Å²) in [6, 6.07) is 0. The summed E-state index contributed by atoms with van der Waals surface area (Å²) < 4.78 is 11.0. The van der Waals surface area contributed by atoms with Gasteiger partial charge in [-0.1, -0.05) is 0 Å². The zero-order valence-electron chi connectivity index (χ0n) is 9.20. The van der Waals surface area contributed by atoms with Gasteiger partial charge in [-0.25, -0.2) is 0 Å². The van der Waals surface area contributed by atoms with E-state index in [-0.39, 0.29) is 11.4 Å². The van der Waals surface area contributed by atoms with Gasteiger partial charge in [0.15, 0.2) is 0 Å². The molecule has 4 atom stereocenters. The van der Waals surface area contributed by atoms with E-state index < -0.39 is 0 Å². The highest BCUT2D eigenvalue weighted by atomic mass is 28.1. The second-order valence-corrected chi connectivity index (χ2v) is 5.90. The Morgan fingerprint density at radius 1 is 1.53 bits per heavy atom. The molecule has 0 aromatic heterocycles. The first-order chi connectivity index (χ1) is 7.23. The summed E-state index contributed by atoms with van der Waals surface area (Å²) in [6.07, 6.45) is 5.72. The van der Waals surface area contributed by atoms with Crippen molar-refractivity contribution in [1.82, 2.24) is 0 Å². The summed E-state index contributed by atoms with van der Waals surface area (Å²) in [4.78, 5) is 11.2. The molecule has 2 aliphatic carbocycles. The number of hydrogen-bond donors (Lipinski definition) is 0. The number of carbonyl (C=O) groups excluding carboxylic acids is 1. The van der Waals surface area contributed by atoms with E-state index in [1.54, 1.807) is 0 Å². The van der Waals surface area contributed by atoms with E-state index >= 15 is 0 Å². The SMILES string of the molecule is O=C1CC2(CO1)CC1CC2CC1OC[SiH3]. The molecule has 0 aromatic rings. The largest absolute Gasteiger partial charge is 0.465 e. The third-order valence-electron chi connectivity index (χ3n) is 4.56. The molecule has 0 aromatic carbocycles. The summed E-state index contributed by atoms with van der Waals surface area (Å²) in [7, 11) is 1.13. The van der Waals surface area contributed by atoms with Crippen LogP contribution in [-0.4, -0.2) is 35.2 Å². The van der Waals surface area contributed by atoms with E-state index in [0.29, 0.717) is 31.0 Å². The molecule has 4 heteroatoms. The topological polar surface area (TPSA) is 35.5 Å². The molecule has 2 bridgehead atoms. The van der Waals surface area contributed by atoms with E-state index in [9.17, 15) is 4.79 Å². The van der Waals surface area contributed by atoms with Crippen molar-refractivity contribution in [2.24, 2.45) is 17.3 Å². The molecule has 3 fully saturated rings. The van der Waals surface area contributed by atoms with Gasteiger partial charge in [-0.05, 0) is 31.1 Å². The van der Waals surface area contributed by atoms with Crippen LogP contribution in [0.25, 0.3) is 0 Å². The predicted molar refractivity (Wildman–Crippen MR) is 58.5 cm³/mol. The van der Waals surface area contributed by atoms with Gasteiger partial charge >= 0.3 is 5.97 Å². The van der Waals surface area contributed by atoms with Crippen molar-refractivity contribution in [3.05, 3.63) is 0 Å². The van der Waals surface area contributed by atoms with Crippen molar-refractivity contribution >= 4 is 16.2 Å². The third kappa shape index (κ3) is 1.38. The summed E-state index contributed by atoms with van der Waals surface area (Å²) in [5.74, 6) is 1.41. The van der Waals surface area contributed by atoms with Gasteiger partial charge in [0.1, 0.15) is 0 Å². The molecule has 1 heterocycles. The van der Waals surface area contributed by atoms with Crippen LogP contribution in [0.3, 0.4) is 0 Å². The third-order valence-corrected chi connectivity index (χ3v) is 4.90. The lowest BCUT2D eigenvalue weighted by Crippen LogP contribution is -2.34. The molecule has 15 heavy (non-hydrogen) atoms. The first-order valence-corrected chi connectivity index (χ1v) is 7.42. The molecule has 84 valence electrons. The number of rotatable bonds is 2. The maximum atomic E-state index is 11.2. The minimum Gasteiger partial charge on any atom is -0.465 e. The first kappa shape index (κ1) is 9.84. The zero-order chi connectivity index (χ0) is 10.5. The highest BCUT2D eigenvalue weighted by Gasteiger charge is 2.58. The molecule has 3 aliphatic rings. The lowest BCUT2D eigenvalue weighted by molar-refractivity contribution is -0.137. The highest BCUT2D eigenvalue weighted by molar-refractivity contribution is 6.08. The minimum atomic E-state index is 0.0166. The van der Waals surface area contributed by atoms with Crippen LogP contribution in [-0.2, 0) is 14.3 Å². The summed E-state index contributed by atoms with van der Waals surface area (Å²) in [5, 5.41) is 0. The van der Waals surface area contributed by atoms with Gasteiger partial charge in [0.05, 0.1) is 19.1 Å². The monoisotopic (exact) mass is 226 g/mol. The zero-order valence-corrected chi connectivity index (χ0v) is 11.2. The number of carbonyl (C=O) groups is 1. The summed E-state index contributed by atoms with van der Waals surface area (Å²) in [6.45, 7) is 0.681. The van der Waals surface area contributed by atoms with E-state index in [2.05, 4.69) is 0 Å². The van der Waals surface area contributed by atoms with Crippen molar-refractivity contribution in [3.63, 3.8) is 0 Å². The molecule has 3 rings (SSSR count). The number of fused-ring (bicyclic) bond motifs is 3. The second kappa shape index (κ2) is 3.32. The van der Waals surface area contributed by atoms with Crippen molar-refractivity contribution in [2.45, 2.75) is 31.8 Å². The number of esters is 1. The Labute approximate surface area is 92.9 Å². The predicted octanol–water partition coefficient (Wildman–Crippen LogP) is 0.0577. The van der Waals surface area contributed by atoms with E-state index in [1.165, 1.54) is 12.8 Å². The standard InChI is InChI=1S/C11H18O3Si/c12-10-4-11(5-13-10)3-7-1-8(11)2-9(7)14-6-15/h7-9H,1-6H2,15H3. The van der Waals surface area contributed by atoms with Gasteiger partial charge in [-0.15, -0.1) is 0 Å². The Morgan fingerprint density at radius 2 is 2.40 bits per heavy atom. The molecule has 1 spiro atoms. The maximum absolute atomic E-state index is 11.2. The fourth-order valence-electron chi connectivity index (χ4n) is 3.92. The first-order valence-electron chi connectivity index (χ1n) is 6.01. The average Bonchev–Trinajstić information content (AvgIpc) is 2.83. The van der Waals surface area contributed by atoms with Crippen LogP contribution in [0.15, 0.2) is 0 Å². The molecule has 0 radical (unpaired) electrons. The van der Waals surface area contributed by atoms with Gasteiger partial charge in [0, 0.05) is 21.9 Å². The molecule has 0 N–H and O–H groups in total. The van der Waals surface area contributed by atoms with E-state index in [1.807, 2.05) is 0 Å². The molecule has 2 saturated carbocycles. The Kier molecular flexibility index (Phi) is 2.18. The number of hydrogen-bond acceptors (Lipinski definition) is 3. The second-order valence-electron chi connectivity index (χ2n) is 5.33. The highest BCUT2D eigenvalue weighted by Crippen LogP contribution is 2.60. The lowest BCUT2D eigenvalue weighted by atomic mass is 9.72. The average molecular weight is 226 g/mol. The van der Waals surface area contributed by atoms with Crippen LogP contribution < -0.4 is 0 Å².